The number of piperidine rings is 2. The van der Waals surface area contributed by atoms with Crippen LogP contribution in [-0.2, 0) is 24.1 Å². The Morgan fingerprint density at radius 2 is 1.40 bits per heavy atom. The lowest BCUT2D eigenvalue weighted by molar-refractivity contribution is -0.188. The first-order valence-electron chi connectivity index (χ1n) is 20.2. The molecule has 2 aliphatic carbocycles. The van der Waals surface area contributed by atoms with Crippen LogP contribution in [0, 0.1) is 11.8 Å². The number of alkyl carbamates (subject to hydrolysis) is 1. The monoisotopic (exact) mass is 805 g/mol. The minimum atomic E-state index is -0.878. The van der Waals surface area contributed by atoms with Gasteiger partial charge in [-0.15, -0.1) is 0 Å². The predicted molar refractivity (Wildman–Crippen MR) is 220 cm³/mol. The average Bonchev–Trinajstić information content (AvgIpc) is 3.91. The molecule has 3 aromatic heterocycles. The fraction of sp³-hybridized carbons (Fsp3) is 0.311. The molecule has 5 heterocycles. The summed E-state index contributed by atoms with van der Waals surface area (Å²) in [5.74, 6) is 1.95. The van der Waals surface area contributed by atoms with Gasteiger partial charge in [0.25, 0.3) is 11.8 Å². The third-order valence-corrected chi connectivity index (χ3v) is 12.4. The number of aromatic nitrogens is 5. The Hall–Kier alpha value is -6.87. The number of amides is 3. The number of benzene rings is 3. The molecule has 4 aliphatic rings. The van der Waals surface area contributed by atoms with Gasteiger partial charge in [-0.2, -0.15) is 4.89 Å². The summed E-state index contributed by atoms with van der Waals surface area (Å²) in [6, 6.07) is 27.0. The topological polar surface area (TPSA) is 180 Å². The molecule has 0 spiro atoms. The van der Waals surface area contributed by atoms with Crippen LogP contribution in [0.25, 0.3) is 33.5 Å². The van der Waals surface area contributed by atoms with Crippen LogP contribution in [0.4, 0.5) is 4.79 Å². The molecule has 0 bridgehead atoms. The zero-order valence-corrected chi connectivity index (χ0v) is 33.0. The van der Waals surface area contributed by atoms with Gasteiger partial charge in [-0.3, -0.25) is 9.59 Å². The van der Waals surface area contributed by atoms with E-state index in [0.29, 0.717) is 40.2 Å². The van der Waals surface area contributed by atoms with Crippen LogP contribution in [0.1, 0.15) is 72.6 Å². The average molecular weight is 806 g/mol. The predicted octanol–water partition coefficient (Wildman–Crippen LogP) is 6.78. The molecule has 0 radical (unpaired) electrons. The molecule has 15 heteroatoms. The Morgan fingerprint density at radius 1 is 0.750 bits per heavy atom. The van der Waals surface area contributed by atoms with E-state index in [1.807, 2.05) is 107 Å². The lowest BCUT2D eigenvalue weighted by Gasteiger charge is -2.30. The molecule has 60 heavy (non-hydrogen) atoms. The maximum absolute atomic E-state index is 14.2. The maximum Gasteiger partial charge on any atom is 0.407 e. The van der Waals surface area contributed by atoms with E-state index >= 15 is 0 Å². The molecule has 0 unspecified atom stereocenters. The molecule has 304 valence electrons. The number of pyridine rings is 1. The summed E-state index contributed by atoms with van der Waals surface area (Å²) >= 11 is 0. The fourth-order valence-electron chi connectivity index (χ4n) is 9.22. The van der Waals surface area contributed by atoms with E-state index in [1.54, 1.807) is 6.20 Å². The van der Waals surface area contributed by atoms with Crippen LogP contribution in [-0.4, -0.2) is 85.3 Å². The molecule has 6 aromatic rings. The van der Waals surface area contributed by atoms with Crippen molar-refractivity contribution in [3.63, 3.8) is 0 Å². The van der Waals surface area contributed by atoms with Gasteiger partial charge in [0.2, 0.25) is 6.40 Å². The summed E-state index contributed by atoms with van der Waals surface area (Å²) < 4.78 is 4.87. The second-order valence-electron chi connectivity index (χ2n) is 15.9. The van der Waals surface area contributed by atoms with Gasteiger partial charge < -0.3 is 34.7 Å². The number of H-pyrrole nitrogens is 2. The Kier molecular flexibility index (Phi) is 9.59. The summed E-state index contributed by atoms with van der Waals surface area (Å²) in [5, 5.41) is 2.75. The standard InChI is InChI=1S/C45H43N9O6/c1-58-45(57)51-39(28-11-7-4-8-12-28)44(56)53-34-18-29(34)20-36(53)41-47-23-33(50-41)26-15-13-25(14-16-26)31-17-32-40(46-22-31)52-42(49-32)37-21-30-19-35(30)54(37)43(55)38(48-24-60-59-2)27-9-5-3-6-10-27/h3-17,22-24,29-30,34-39H,18-21H2,1-2H3,(H,47,50)(H,51,57)(H,46,49,52)/b48-24-/t29-,30-,34-,35-,36-,37-,38+,39+/m0/s1. The lowest BCUT2D eigenvalue weighted by Crippen LogP contribution is -2.44. The van der Waals surface area contributed by atoms with Gasteiger partial charge in [0, 0.05) is 23.8 Å². The minimum absolute atomic E-state index is 0.108. The number of likely N-dealkylation sites (tertiary alicyclic amines) is 2. The van der Waals surface area contributed by atoms with E-state index in [4.69, 9.17) is 29.5 Å². The van der Waals surface area contributed by atoms with Crippen molar-refractivity contribution in [1.82, 2.24) is 40.0 Å². The number of nitrogens with one attached hydrogen (secondary N) is 3. The second-order valence-corrected chi connectivity index (χ2v) is 15.9. The van der Waals surface area contributed by atoms with Crippen molar-refractivity contribution in [3.8, 4) is 22.4 Å². The SMILES string of the molecule is COO/C=N\[C@@H](C(=O)N1[C@H](c2nc3cc(-c4ccc(-c5cnc([C@@H]6C[C@@H]7C[C@@H]7N6C(=O)[C@H](NC(=O)OC)c6ccccc6)[nH]5)cc4)cnc3[nH]2)C[C@@H]2C[C@@H]21)c1ccccc1. The summed E-state index contributed by atoms with van der Waals surface area (Å²) in [7, 11) is 2.68. The van der Waals surface area contributed by atoms with Gasteiger partial charge in [0.1, 0.15) is 23.2 Å². The van der Waals surface area contributed by atoms with Crippen LogP contribution in [0.2, 0.25) is 0 Å². The van der Waals surface area contributed by atoms with Gasteiger partial charge >= 0.3 is 6.09 Å². The van der Waals surface area contributed by atoms with Crippen molar-refractivity contribution in [2.45, 2.75) is 61.9 Å². The van der Waals surface area contributed by atoms with E-state index < -0.39 is 18.2 Å². The quantitative estimate of drug-likeness (QED) is 0.0520. The largest absolute Gasteiger partial charge is 0.453 e. The molecule has 15 nitrogen and oxygen atoms in total. The number of hydrogen-bond donors (Lipinski definition) is 3. The number of aliphatic imine (C=N–C) groups is 1. The van der Waals surface area contributed by atoms with Crippen molar-refractivity contribution in [3.05, 3.63) is 126 Å². The Bertz CT molecular complexity index is 2580. The van der Waals surface area contributed by atoms with Gasteiger partial charge in [-0.25, -0.2) is 24.7 Å². The molecule has 3 aromatic carbocycles. The molecule has 2 aliphatic heterocycles. The number of carbonyl (C=O) groups excluding carboxylic acids is 3. The first-order chi connectivity index (χ1) is 29.4. The van der Waals surface area contributed by atoms with Crippen molar-refractivity contribution >= 4 is 35.5 Å². The number of methoxy groups -OCH3 is 1. The highest BCUT2D eigenvalue weighted by Gasteiger charge is 2.57. The van der Waals surface area contributed by atoms with Gasteiger partial charge in [0.15, 0.2) is 11.7 Å². The number of aromatic amines is 2. The van der Waals surface area contributed by atoms with Crippen molar-refractivity contribution < 1.29 is 28.9 Å². The normalized spacial score (nSPS) is 23.6. The summed E-state index contributed by atoms with van der Waals surface area (Å²) in [6.45, 7) is 0. The summed E-state index contributed by atoms with van der Waals surface area (Å²) in [4.78, 5) is 80.0. The van der Waals surface area contributed by atoms with Crippen LogP contribution in [0.5, 0.6) is 0 Å². The highest BCUT2D eigenvalue weighted by atomic mass is 17.2. The second kappa shape index (κ2) is 15.4. The third kappa shape index (κ3) is 6.93. The van der Waals surface area contributed by atoms with E-state index in [-0.39, 0.29) is 36.0 Å². The summed E-state index contributed by atoms with van der Waals surface area (Å²) in [6.07, 6.45) is 7.66. The van der Waals surface area contributed by atoms with Crippen LogP contribution in [0.3, 0.4) is 0 Å². The van der Waals surface area contributed by atoms with Gasteiger partial charge in [-0.05, 0) is 65.8 Å². The van der Waals surface area contributed by atoms with Gasteiger partial charge in [0.05, 0.1) is 38.2 Å². The molecule has 3 amide bonds. The summed E-state index contributed by atoms with van der Waals surface area (Å²) in [5.41, 5.74) is 6.48. The molecular weight excluding hydrogens is 763 g/mol. The molecule has 10 rings (SSSR count). The first-order valence-corrected chi connectivity index (χ1v) is 20.2. The minimum Gasteiger partial charge on any atom is -0.453 e. The number of ether oxygens (including phenoxy) is 1. The number of nitrogens with zero attached hydrogens (tertiary/aromatic N) is 6. The van der Waals surface area contributed by atoms with E-state index in [9.17, 15) is 14.4 Å². The maximum atomic E-state index is 14.2. The smallest absolute Gasteiger partial charge is 0.407 e. The van der Waals surface area contributed by atoms with Crippen molar-refractivity contribution in [2.24, 2.45) is 16.8 Å². The van der Waals surface area contributed by atoms with E-state index in [1.165, 1.54) is 20.6 Å². The van der Waals surface area contributed by atoms with Crippen molar-refractivity contribution in [2.75, 3.05) is 14.2 Å². The highest BCUT2D eigenvalue weighted by molar-refractivity contribution is 5.88. The Morgan fingerprint density at radius 3 is 2.08 bits per heavy atom. The molecule has 2 saturated carbocycles. The molecular formula is C45H43N9O6. The van der Waals surface area contributed by atoms with Crippen LogP contribution >= 0.6 is 0 Å². The van der Waals surface area contributed by atoms with Gasteiger partial charge in [-0.1, -0.05) is 84.9 Å². The highest BCUT2D eigenvalue weighted by Crippen LogP contribution is 2.55. The van der Waals surface area contributed by atoms with Crippen LogP contribution < -0.4 is 5.32 Å². The van der Waals surface area contributed by atoms with Crippen LogP contribution in [0.15, 0.2) is 108 Å². The Balaban J connectivity index is 0.857. The number of fused-ring (bicyclic) bond motifs is 3. The number of hydrogen-bond acceptors (Lipinski definition) is 10. The lowest BCUT2D eigenvalue weighted by atomic mass is 10.0. The van der Waals surface area contributed by atoms with E-state index in [0.717, 1.165) is 53.6 Å². The third-order valence-electron chi connectivity index (χ3n) is 12.4. The molecule has 2 saturated heterocycles. The number of rotatable bonds is 12. The number of imidazole rings is 2. The zero-order valence-electron chi connectivity index (χ0n) is 33.0. The van der Waals surface area contributed by atoms with E-state index in [2.05, 4.69) is 20.3 Å². The molecule has 4 fully saturated rings. The number of carbonyl (C=O) groups is 3. The first kappa shape index (κ1) is 37.4. The Labute approximate surface area is 345 Å². The molecule has 3 N–H and O–H groups in total. The zero-order chi connectivity index (χ0) is 40.9. The molecule has 8 atom stereocenters. The fourth-order valence-corrected chi connectivity index (χ4v) is 9.22. The van der Waals surface area contributed by atoms with Crippen molar-refractivity contribution in [1.29, 1.82) is 0 Å².